The summed E-state index contributed by atoms with van der Waals surface area (Å²) in [4.78, 5) is 40.8. The van der Waals surface area contributed by atoms with Crippen LogP contribution in [0.4, 0.5) is 5.69 Å². The summed E-state index contributed by atoms with van der Waals surface area (Å²) in [6.45, 7) is 5.39. The second-order valence-electron chi connectivity index (χ2n) is 8.79. The number of benzene rings is 2. The minimum atomic E-state index is -0.604. The minimum absolute atomic E-state index is 0.157. The standard InChI is InChI=1S/C25H28N4O4/c30-23-8-7-22(24(31)27-23)29-16-20-19(25(29)32)5-2-6-21(20)26-14-17-3-1-4-18(13-17)15-28-9-11-33-12-10-28/h1-6,13,22,26H,7-12,14-16H2,(H,27,30,31). The van der Waals surface area contributed by atoms with Gasteiger partial charge in [-0.3, -0.25) is 24.6 Å². The minimum Gasteiger partial charge on any atom is -0.381 e. The zero-order valence-electron chi connectivity index (χ0n) is 18.5. The van der Waals surface area contributed by atoms with Crippen molar-refractivity contribution in [2.75, 3.05) is 31.6 Å². The molecule has 3 aliphatic heterocycles. The van der Waals surface area contributed by atoms with Crippen LogP contribution < -0.4 is 10.6 Å². The molecular weight excluding hydrogens is 420 g/mol. The number of anilines is 1. The van der Waals surface area contributed by atoms with Gasteiger partial charge in [0.25, 0.3) is 5.91 Å². The smallest absolute Gasteiger partial charge is 0.255 e. The van der Waals surface area contributed by atoms with Crippen molar-refractivity contribution in [3.8, 4) is 0 Å². The molecule has 1 atom stereocenters. The van der Waals surface area contributed by atoms with E-state index in [1.807, 2.05) is 12.1 Å². The highest BCUT2D eigenvalue weighted by atomic mass is 16.5. The molecule has 0 aliphatic carbocycles. The fourth-order valence-corrected chi connectivity index (χ4v) is 4.80. The maximum Gasteiger partial charge on any atom is 0.255 e. The van der Waals surface area contributed by atoms with Crippen molar-refractivity contribution < 1.29 is 19.1 Å². The number of carbonyl (C=O) groups is 3. The summed E-state index contributed by atoms with van der Waals surface area (Å²) < 4.78 is 5.43. The number of piperidine rings is 1. The number of carbonyl (C=O) groups excluding carboxylic acids is 3. The van der Waals surface area contributed by atoms with Gasteiger partial charge >= 0.3 is 0 Å². The van der Waals surface area contributed by atoms with Crippen molar-refractivity contribution in [2.24, 2.45) is 0 Å². The summed E-state index contributed by atoms with van der Waals surface area (Å²) in [6.07, 6.45) is 0.617. The highest BCUT2D eigenvalue weighted by molar-refractivity contribution is 6.06. The molecule has 0 spiro atoms. The summed E-state index contributed by atoms with van der Waals surface area (Å²) >= 11 is 0. The number of morpholine rings is 1. The predicted octanol–water partition coefficient (Wildman–Crippen LogP) is 1.89. The molecule has 3 heterocycles. The normalized spacial score (nSPS) is 21.2. The van der Waals surface area contributed by atoms with E-state index < -0.39 is 6.04 Å². The van der Waals surface area contributed by atoms with Crippen LogP contribution in [0.3, 0.4) is 0 Å². The first-order valence-corrected chi connectivity index (χ1v) is 11.5. The van der Waals surface area contributed by atoms with Crippen LogP contribution in [0, 0.1) is 0 Å². The van der Waals surface area contributed by atoms with Crippen molar-refractivity contribution in [3.63, 3.8) is 0 Å². The van der Waals surface area contributed by atoms with Crippen LogP contribution in [0.25, 0.3) is 0 Å². The predicted molar refractivity (Wildman–Crippen MR) is 122 cm³/mol. The van der Waals surface area contributed by atoms with Gasteiger partial charge in [-0.15, -0.1) is 0 Å². The molecule has 5 rings (SSSR count). The highest BCUT2D eigenvalue weighted by Crippen LogP contribution is 2.32. The topological polar surface area (TPSA) is 91.0 Å². The van der Waals surface area contributed by atoms with E-state index in [1.54, 1.807) is 11.0 Å². The van der Waals surface area contributed by atoms with E-state index in [-0.39, 0.29) is 24.1 Å². The average molecular weight is 449 g/mol. The summed E-state index contributed by atoms with van der Waals surface area (Å²) in [5.41, 5.74) is 4.86. The number of amides is 3. The summed E-state index contributed by atoms with van der Waals surface area (Å²) in [6, 6.07) is 13.6. The van der Waals surface area contributed by atoms with Crippen LogP contribution in [0.5, 0.6) is 0 Å². The lowest BCUT2D eigenvalue weighted by Gasteiger charge is -2.29. The Morgan fingerprint density at radius 1 is 1.03 bits per heavy atom. The van der Waals surface area contributed by atoms with Gasteiger partial charge < -0.3 is 15.0 Å². The molecule has 172 valence electrons. The Hall–Kier alpha value is -3.23. The Morgan fingerprint density at radius 2 is 1.82 bits per heavy atom. The number of fused-ring (bicyclic) bond motifs is 1. The third-order valence-corrected chi connectivity index (χ3v) is 6.57. The number of ether oxygens (including phenoxy) is 1. The number of imide groups is 1. The SMILES string of the molecule is O=C1CCC(N2Cc3c(NCc4cccc(CN5CCOCC5)c4)cccc3C2=O)C(=O)N1. The van der Waals surface area contributed by atoms with Crippen LogP contribution in [-0.2, 0) is 34.0 Å². The molecule has 8 heteroatoms. The van der Waals surface area contributed by atoms with Gasteiger partial charge in [0.1, 0.15) is 6.04 Å². The zero-order valence-corrected chi connectivity index (χ0v) is 18.5. The first-order chi connectivity index (χ1) is 16.1. The Bertz CT molecular complexity index is 1080. The molecule has 2 aromatic rings. The largest absolute Gasteiger partial charge is 0.381 e. The molecule has 0 bridgehead atoms. The van der Waals surface area contributed by atoms with Gasteiger partial charge in [0.05, 0.1) is 13.2 Å². The Kier molecular flexibility index (Phi) is 6.11. The van der Waals surface area contributed by atoms with Crippen molar-refractivity contribution in [1.29, 1.82) is 0 Å². The van der Waals surface area contributed by atoms with Crippen LogP contribution in [-0.4, -0.2) is 59.9 Å². The van der Waals surface area contributed by atoms with Crippen molar-refractivity contribution in [2.45, 2.75) is 38.5 Å². The maximum atomic E-state index is 13.0. The van der Waals surface area contributed by atoms with Gasteiger partial charge in [0, 0.05) is 56.0 Å². The second kappa shape index (κ2) is 9.33. The average Bonchev–Trinajstić information content (AvgIpc) is 3.15. The number of hydrogen-bond donors (Lipinski definition) is 2. The van der Waals surface area contributed by atoms with Crippen LogP contribution in [0.1, 0.15) is 39.9 Å². The number of rotatable bonds is 6. The van der Waals surface area contributed by atoms with E-state index in [9.17, 15) is 14.4 Å². The molecule has 0 radical (unpaired) electrons. The molecule has 0 aromatic heterocycles. The molecule has 3 aliphatic rings. The lowest BCUT2D eigenvalue weighted by Crippen LogP contribution is -2.52. The van der Waals surface area contributed by atoms with Gasteiger partial charge in [-0.25, -0.2) is 0 Å². The summed E-state index contributed by atoms with van der Waals surface area (Å²) in [5.74, 6) is -0.826. The van der Waals surface area contributed by atoms with Gasteiger partial charge in [-0.05, 0) is 29.7 Å². The fourth-order valence-electron chi connectivity index (χ4n) is 4.80. The van der Waals surface area contributed by atoms with Gasteiger partial charge in [-0.1, -0.05) is 30.3 Å². The van der Waals surface area contributed by atoms with E-state index in [0.29, 0.717) is 25.1 Å². The van der Waals surface area contributed by atoms with E-state index in [2.05, 4.69) is 39.8 Å². The molecule has 2 aromatic carbocycles. The Labute approximate surface area is 192 Å². The van der Waals surface area contributed by atoms with E-state index >= 15 is 0 Å². The monoisotopic (exact) mass is 448 g/mol. The molecule has 33 heavy (non-hydrogen) atoms. The van der Waals surface area contributed by atoms with Crippen LogP contribution in [0.15, 0.2) is 42.5 Å². The lowest BCUT2D eigenvalue weighted by molar-refractivity contribution is -0.136. The Balaban J connectivity index is 1.26. The lowest BCUT2D eigenvalue weighted by atomic mass is 10.0. The fraction of sp³-hybridized carbons (Fsp3) is 0.400. The van der Waals surface area contributed by atoms with Gasteiger partial charge in [0.15, 0.2) is 0 Å². The van der Waals surface area contributed by atoms with Gasteiger partial charge in [-0.2, -0.15) is 0 Å². The molecule has 8 nitrogen and oxygen atoms in total. The molecule has 2 N–H and O–H groups in total. The van der Waals surface area contributed by atoms with E-state index in [4.69, 9.17) is 4.74 Å². The van der Waals surface area contributed by atoms with Crippen LogP contribution in [0.2, 0.25) is 0 Å². The quantitative estimate of drug-likeness (QED) is 0.656. The third-order valence-electron chi connectivity index (χ3n) is 6.57. The first kappa shape index (κ1) is 21.6. The number of hydrogen-bond acceptors (Lipinski definition) is 6. The van der Waals surface area contributed by atoms with E-state index in [0.717, 1.165) is 44.1 Å². The zero-order chi connectivity index (χ0) is 22.8. The summed E-state index contributed by atoms with van der Waals surface area (Å²) in [5, 5.41) is 5.84. The Morgan fingerprint density at radius 3 is 2.64 bits per heavy atom. The molecule has 1 unspecified atom stereocenters. The number of nitrogens with zero attached hydrogens (tertiary/aromatic N) is 2. The summed E-state index contributed by atoms with van der Waals surface area (Å²) in [7, 11) is 0. The van der Waals surface area contributed by atoms with Crippen LogP contribution >= 0.6 is 0 Å². The second-order valence-corrected chi connectivity index (χ2v) is 8.79. The van der Waals surface area contributed by atoms with E-state index in [1.165, 1.54) is 11.1 Å². The molecule has 3 amide bonds. The highest BCUT2D eigenvalue weighted by Gasteiger charge is 2.39. The van der Waals surface area contributed by atoms with Gasteiger partial charge in [0.2, 0.25) is 11.8 Å². The van der Waals surface area contributed by atoms with Crippen molar-refractivity contribution in [3.05, 3.63) is 64.7 Å². The molecular formula is C25H28N4O4. The molecule has 2 fully saturated rings. The van der Waals surface area contributed by atoms with Crippen molar-refractivity contribution >= 4 is 23.4 Å². The van der Waals surface area contributed by atoms with Crippen molar-refractivity contribution in [1.82, 2.24) is 15.1 Å². The first-order valence-electron chi connectivity index (χ1n) is 11.5. The number of nitrogens with one attached hydrogen (secondary N) is 2. The molecule has 0 saturated carbocycles. The molecule has 2 saturated heterocycles. The maximum absolute atomic E-state index is 13.0. The third kappa shape index (κ3) is 4.62.